The second-order valence-corrected chi connectivity index (χ2v) is 19.9. The van der Waals surface area contributed by atoms with Crippen LogP contribution in [0.4, 0.5) is 0 Å². The van der Waals surface area contributed by atoms with Gasteiger partial charge in [0.25, 0.3) is 0 Å². The predicted molar refractivity (Wildman–Crippen MR) is 117 cm³/mol. The standard InChI is InChI=1S/C21H48OSi2/c1-8-10-12-14-15-17-19-21(18-16-13-11-9-2)22-24(6,7)20-23(3,4)5/h21H,8-20H2,1-7H3. The quantitative estimate of drug-likeness (QED) is 0.196. The lowest BCUT2D eigenvalue weighted by Crippen LogP contribution is -2.42. The Hall–Kier alpha value is 0.394. The molecule has 1 unspecified atom stereocenters. The monoisotopic (exact) mass is 372 g/mol. The molecule has 0 aromatic rings. The van der Waals surface area contributed by atoms with Crippen LogP contribution in [-0.4, -0.2) is 22.5 Å². The molecular weight excluding hydrogens is 324 g/mol. The van der Waals surface area contributed by atoms with Crippen molar-refractivity contribution in [3.05, 3.63) is 0 Å². The van der Waals surface area contributed by atoms with E-state index in [1.54, 1.807) is 0 Å². The fraction of sp³-hybridized carbons (Fsp3) is 1.00. The molecule has 3 heteroatoms. The van der Waals surface area contributed by atoms with Crippen LogP contribution in [0.5, 0.6) is 0 Å². The van der Waals surface area contributed by atoms with E-state index in [9.17, 15) is 0 Å². The van der Waals surface area contributed by atoms with Crippen LogP contribution in [0.2, 0.25) is 38.4 Å². The third-order valence-electron chi connectivity index (χ3n) is 4.70. The molecule has 0 aromatic carbocycles. The Bertz CT molecular complexity index is 284. The molecule has 0 N–H and O–H groups in total. The van der Waals surface area contributed by atoms with Crippen molar-refractivity contribution in [2.24, 2.45) is 0 Å². The first-order valence-corrected chi connectivity index (χ1v) is 17.7. The van der Waals surface area contributed by atoms with Crippen LogP contribution in [0.1, 0.15) is 90.9 Å². The highest BCUT2D eigenvalue weighted by atomic mass is 28.4. The Morgan fingerprint density at radius 2 is 1.04 bits per heavy atom. The maximum atomic E-state index is 6.80. The van der Waals surface area contributed by atoms with Crippen LogP contribution in [0, 0.1) is 0 Å². The smallest absolute Gasteiger partial charge is 0.184 e. The van der Waals surface area contributed by atoms with E-state index in [0.717, 1.165) is 0 Å². The van der Waals surface area contributed by atoms with Gasteiger partial charge in [-0.2, -0.15) is 0 Å². The summed E-state index contributed by atoms with van der Waals surface area (Å²) < 4.78 is 6.80. The van der Waals surface area contributed by atoms with Crippen LogP contribution in [-0.2, 0) is 4.43 Å². The molecule has 0 saturated heterocycles. The largest absolute Gasteiger partial charge is 0.415 e. The first kappa shape index (κ1) is 24.4. The third kappa shape index (κ3) is 15.9. The first-order valence-electron chi connectivity index (χ1n) is 10.9. The number of hydrogen-bond acceptors (Lipinski definition) is 1. The lowest BCUT2D eigenvalue weighted by Gasteiger charge is -2.33. The molecule has 146 valence electrons. The lowest BCUT2D eigenvalue weighted by atomic mass is 10.0. The summed E-state index contributed by atoms with van der Waals surface area (Å²) in [7, 11) is -2.51. The molecular formula is C21H48OSi2. The number of hydrogen-bond donors (Lipinski definition) is 0. The van der Waals surface area contributed by atoms with Crippen molar-refractivity contribution < 1.29 is 4.43 Å². The van der Waals surface area contributed by atoms with Gasteiger partial charge in [0.1, 0.15) is 0 Å². The molecule has 0 saturated carbocycles. The predicted octanol–water partition coefficient (Wildman–Crippen LogP) is 8.18. The van der Waals surface area contributed by atoms with Crippen LogP contribution >= 0.6 is 0 Å². The van der Waals surface area contributed by atoms with E-state index < -0.39 is 16.4 Å². The molecule has 1 atom stereocenters. The zero-order valence-corrected chi connectivity index (χ0v) is 20.2. The van der Waals surface area contributed by atoms with Crippen molar-refractivity contribution >= 4 is 16.4 Å². The van der Waals surface area contributed by atoms with Gasteiger partial charge in [0.15, 0.2) is 8.32 Å². The summed E-state index contributed by atoms with van der Waals surface area (Å²) in [6, 6.07) is 0. The van der Waals surface area contributed by atoms with E-state index in [1.807, 2.05) is 0 Å². The van der Waals surface area contributed by atoms with Crippen molar-refractivity contribution in [3.8, 4) is 0 Å². The molecule has 0 aliphatic carbocycles. The molecule has 0 radical (unpaired) electrons. The summed E-state index contributed by atoms with van der Waals surface area (Å²) in [6.07, 6.45) is 17.0. The average Bonchev–Trinajstić information content (AvgIpc) is 2.44. The normalized spacial score (nSPS) is 14.1. The van der Waals surface area contributed by atoms with E-state index in [1.165, 1.54) is 82.7 Å². The van der Waals surface area contributed by atoms with Gasteiger partial charge < -0.3 is 4.43 Å². The zero-order valence-electron chi connectivity index (χ0n) is 18.2. The summed E-state index contributed by atoms with van der Waals surface area (Å²) in [4.78, 5) is 0. The van der Waals surface area contributed by atoms with Gasteiger partial charge in [-0.15, -0.1) is 0 Å². The molecule has 0 rings (SSSR count). The maximum Gasteiger partial charge on any atom is 0.184 e. The molecule has 0 spiro atoms. The Labute approximate surface area is 156 Å². The van der Waals surface area contributed by atoms with Crippen molar-refractivity contribution in [1.29, 1.82) is 0 Å². The van der Waals surface area contributed by atoms with E-state index in [0.29, 0.717) is 6.10 Å². The van der Waals surface area contributed by atoms with Crippen LogP contribution in [0.15, 0.2) is 0 Å². The molecule has 0 heterocycles. The summed E-state index contributed by atoms with van der Waals surface area (Å²) in [6.45, 7) is 17.0. The van der Waals surface area contributed by atoms with Crippen LogP contribution < -0.4 is 0 Å². The maximum absolute atomic E-state index is 6.80. The van der Waals surface area contributed by atoms with Crippen molar-refractivity contribution in [3.63, 3.8) is 0 Å². The van der Waals surface area contributed by atoms with Gasteiger partial charge in [-0.3, -0.25) is 0 Å². The topological polar surface area (TPSA) is 9.23 Å². The minimum absolute atomic E-state index is 0.547. The molecule has 1 nitrogen and oxygen atoms in total. The van der Waals surface area contributed by atoms with Gasteiger partial charge in [-0.25, -0.2) is 0 Å². The molecule has 0 aliphatic heterocycles. The molecule has 0 aromatic heterocycles. The second-order valence-electron chi connectivity index (χ2n) is 9.64. The number of unbranched alkanes of at least 4 members (excludes halogenated alkanes) is 8. The summed E-state index contributed by atoms with van der Waals surface area (Å²) in [5.41, 5.74) is 1.40. The third-order valence-corrected chi connectivity index (χ3v) is 13.3. The van der Waals surface area contributed by atoms with Gasteiger partial charge in [0.2, 0.25) is 0 Å². The minimum atomic E-state index is -1.49. The highest BCUT2D eigenvalue weighted by Gasteiger charge is 2.32. The highest BCUT2D eigenvalue weighted by Crippen LogP contribution is 2.26. The first-order chi connectivity index (χ1) is 11.2. The summed E-state index contributed by atoms with van der Waals surface area (Å²) in [5, 5.41) is 0. The minimum Gasteiger partial charge on any atom is -0.415 e. The molecule has 0 fully saturated rings. The highest BCUT2D eigenvalue weighted by molar-refractivity contribution is 6.92. The van der Waals surface area contributed by atoms with Crippen LogP contribution in [0.25, 0.3) is 0 Å². The summed E-state index contributed by atoms with van der Waals surface area (Å²) >= 11 is 0. The van der Waals surface area contributed by atoms with Gasteiger partial charge >= 0.3 is 0 Å². The lowest BCUT2D eigenvalue weighted by molar-refractivity contribution is 0.164. The zero-order chi connectivity index (χ0) is 18.5. The summed E-state index contributed by atoms with van der Waals surface area (Å²) in [5.74, 6) is 0. The van der Waals surface area contributed by atoms with Gasteiger partial charge in [0, 0.05) is 14.2 Å². The van der Waals surface area contributed by atoms with Crippen LogP contribution in [0.3, 0.4) is 0 Å². The second kappa shape index (κ2) is 13.6. The van der Waals surface area contributed by atoms with E-state index in [4.69, 9.17) is 4.43 Å². The van der Waals surface area contributed by atoms with Crippen molar-refractivity contribution in [2.75, 3.05) is 0 Å². The Balaban J connectivity index is 4.30. The van der Waals surface area contributed by atoms with Crippen molar-refractivity contribution in [1.82, 2.24) is 0 Å². The van der Waals surface area contributed by atoms with E-state index in [-0.39, 0.29) is 0 Å². The Kier molecular flexibility index (Phi) is 13.8. The van der Waals surface area contributed by atoms with Gasteiger partial charge in [0.05, 0.1) is 0 Å². The Morgan fingerprint density at radius 3 is 1.50 bits per heavy atom. The molecule has 0 amide bonds. The number of rotatable bonds is 16. The van der Waals surface area contributed by atoms with Crippen molar-refractivity contribution in [2.45, 2.75) is 135 Å². The van der Waals surface area contributed by atoms with E-state index in [2.05, 4.69) is 46.6 Å². The molecule has 0 aliphatic rings. The molecule has 0 bridgehead atoms. The molecule has 24 heavy (non-hydrogen) atoms. The Morgan fingerprint density at radius 1 is 0.625 bits per heavy atom. The fourth-order valence-electron chi connectivity index (χ4n) is 3.98. The van der Waals surface area contributed by atoms with E-state index >= 15 is 0 Å². The fourth-order valence-corrected chi connectivity index (χ4v) is 15.7. The average molecular weight is 373 g/mol. The SMILES string of the molecule is CCCCCCCCC(CCCCCC)O[Si](C)(C)C[Si](C)(C)C. The van der Waals surface area contributed by atoms with Gasteiger partial charge in [-0.05, 0) is 31.6 Å². The van der Waals surface area contributed by atoms with Gasteiger partial charge in [-0.1, -0.05) is 97.7 Å².